The molecule has 2 nitrogen and oxygen atoms in total. The van der Waals surface area contributed by atoms with E-state index in [1.807, 2.05) is 12.1 Å². The molecule has 0 atom stereocenters. The Bertz CT molecular complexity index is 336. The summed E-state index contributed by atoms with van der Waals surface area (Å²) in [5.41, 5.74) is 1.18. The second-order valence-electron chi connectivity index (χ2n) is 3.99. The summed E-state index contributed by atoms with van der Waals surface area (Å²) in [5, 5.41) is 3.42. The van der Waals surface area contributed by atoms with Crippen LogP contribution in [0.5, 0.6) is 5.75 Å². The molecule has 1 aromatic carbocycles. The standard InChI is InChI=1S/C12H16BrNO/c1-9-2-3-10(13)8-12(9)15-7-6-14-11-4-5-11/h2-3,8,11,14H,4-7H2,1H3. The third-order valence-corrected chi connectivity index (χ3v) is 3.01. The minimum Gasteiger partial charge on any atom is -0.492 e. The van der Waals surface area contributed by atoms with Crippen molar-refractivity contribution in [3.05, 3.63) is 28.2 Å². The molecule has 0 saturated heterocycles. The van der Waals surface area contributed by atoms with E-state index < -0.39 is 0 Å². The minimum absolute atomic E-state index is 0.744. The SMILES string of the molecule is Cc1ccc(Br)cc1OCCNC1CC1. The highest BCUT2D eigenvalue weighted by molar-refractivity contribution is 9.10. The molecule has 15 heavy (non-hydrogen) atoms. The number of rotatable bonds is 5. The summed E-state index contributed by atoms with van der Waals surface area (Å²) >= 11 is 3.44. The average Bonchev–Trinajstić information content (AvgIpc) is 3.01. The van der Waals surface area contributed by atoms with Crippen molar-refractivity contribution in [1.82, 2.24) is 5.32 Å². The third-order valence-electron chi connectivity index (χ3n) is 2.52. The van der Waals surface area contributed by atoms with Crippen LogP contribution in [0.1, 0.15) is 18.4 Å². The molecule has 0 heterocycles. The Morgan fingerprint density at radius 1 is 1.47 bits per heavy atom. The van der Waals surface area contributed by atoms with Gasteiger partial charge in [-0.1, -0.05) is 22.0 Å². The van der Waals surface area contributed by atoms with E-state index in [2.05, 4.69) is 34.2 Å². The zero-order valence-electron chi connectivity index (χ0n) is 8.92. The highest BCUT2D eigenvalue weighted by Gasteiger charge is 2.19. The number of hydrogen-bond donors (Lipinski definition) is 1. The smallest absolute Gasteiger partial charge is 0.123 e. The number of benzene rings is 1. The van der Waals surface area contributed by atoms with Crippen molar-refractivity contribution in [3.8, 4) is 5.75 Å². The minimum atomic E-state index is 0.744. The van der Waals surface area contributed by atoms with Crippen LogP contribution in [0.15, 0.2) is 22.7 Å². The molecule has 1 aliphatic rings. The van der Waals surface area contributed by atoms with Crippen LogP contribution in [-0.4, -0.2) is 19.2 Å². The molecule has 2 rings (SSSR count). The predicted octanol–water partition coefficient (Wildman–Crippen LogP) is 2.89. The number of ether oxygens (including phenoxy) is 1. The van der Waals surface area contributed by atoms with Gasteiger partial charge in [-0.2, -0.15) is 0 Å². The van der Waals surface area contributed by atoms with Crippen molar-refractivity contribution in [2.24, 2.45) is 0 Å². The molecule has 1 fully saturated rings. The molecule has 1 aliphatic carbocycles. The van der Waals surface area contributed by atoms with Crippen molar-refractivity contribution in [3.63, 3.8) is 0 Å². The van der Waals surface area contributed by atoms with Crippen LogP contribution in [0, 0.1) is 6.92 Å². The van der Waals surface area contributed by atoms with Gasteiger partial charge in [0.2, 0.25) is 0 Å². The van der Waals surface area contributed by atoms with Gasteiger partial charge in [0.15, 0.2) is 0 Å². The zero-order chi connectivity index (χ0) is 10.7. The molecule has 3 heteroatoms. The Morgan fingerprint density at radius 3 is 3.00 bits per heavy atom. The lowest BCUT2D eigenvalue weighted by Crippen LogP contribution is -2.22. The molecule has 0 amide bonds. The van der Waals surface area contributed by atoms with E-state index in [9.17, 15) is 0 Å². The highest BCUT2D eigenvalue weighted by atomic mass is 79.9. The van der Waals surface area contributed by atoms with Crippen LogP contribution in [-0.2, 0) is 0 Å². The Kier molecular flexibility index (Phi) is 3.65. The molecule has 1 aromatic rings. The molecular weight excluding hydrogens is 254 g/mol. The fourth-order valence-corrected chi connectivity index (χ4v) is 1.78. The molecule has 0 bridgehead atoms. The second kappa shape index (κ2) is 4.99. The Morgan fingerprint density at radius 2 is 2.27 bits per heavy atom. The summed E-state index contributed by atoms with van der Waals surface area (Å²) in [7, 11) is 0. The van der Waals surface area contributed by atoms with Gasteiger partial charge in [-0.15, -0.1) is 0 Å². The highest BCUT2D eigenvalue weighted by Crippen LogP contribution is 2.23. The quantitative estimate of drug-likeness (QED) is 0.831. The maximum Gasteiger partial charge on any atom is 0.123 e. The van der Waals surface area contributed by atoms with Crippen molar-refractivity contribution >= 4 is 15.9 Å². The Labute approximate surface area is 99.1 Å². The molecule has 0 aromatic heterocycles. The van der Waals surface area contributed by atoms with Gasteiger partial charge in [-0.3, -0.25) is 0 Å². The Hall–Kier alpha value is -0.540. The van der Waals surface area contributed by atoms with Gasteiger partial charge in [-0.25, -0.2) is 0 Å². The molecule has 0 radical (unpaired) electrons. The van der Waals surface area contributed by atoms with Crippen LogP contribution in [0.25, 0.3) is 0 Å². The molecule has 1 saturated carbocycles. The summed E-state index contributed by atoms with van der Waals surface area (Å²) in [6.07, 6.45) is 2.66. The molecule has 0 aliphatic heterocycles. The first kappa shape index (κ1) is 11.0. The lowest BCUT2D eigenvalue weighted by molar-refractivity contribution is 0.311. The first-order valence-electron chi connectivity index (χ1n) is 5.38. The summed E-state index contributed by atoms with van der Waals surface area (Å²) in [4.78, 5) is 0. The molecule has 0 spiro atoms. The number of aryl methyl sites for hydroxylation is 1. The summed E-state index contributed by atoms with van der Waals surface area (Å²) in [6, 6.07) is 6.88. The van der Waals surface area contributed by atoms with E-state index in [0.717, 1.165) is 29.4 Å². The van der Waals surface area contributed by atoms with Gasteiger partial charge in [0.25, 0.3) is 0 Å². The molecule has 82 valence electrons. The van der Waals surface area contributed by atoms with Gasteiger partial charge >= 0.3 is 0 Å². The van der Waals surface area contributed by atoms with Crippen LogP contribution in [0.2, 0.25) is 0 Å². The second-order valence-corrected chi connectivity index (χ2v) is 4.90. The summed E-state index contributed by atoms with van der Waals surface area (Å²) < 4.78 is 6.77. The van der Waals surface area contributed by atoms with Crippen molar-refractivity contribution in [2.75, 3.05) is 13.2 Å². The van der Waals surface area contributed by atoms with Crippen LogP contribution in [0.4, 0.5) is 0 Å². The van der Waals surface area contributed by atoms with Crippen LogP contribution < -0.4 is 10.1 Å². The van der Waals surface area contributed by atoms with E-state index in [0.29, 0.717) is 0 Å². The van der Waals surface area contributed by atoms with E-state index in [1.54, 1.807) is 0 Å². The van der Waals surface area contributed by atoms with Gasteiger partial charge in [0.05, 0.1) is 0 Å². The first-order chi connectivity index (χ1) is 7.25. The van der Waals surface area contributed by atoms with Gasteiger partial charge in [0, 0.05) is 17.1 Å². The van der Waals surface area contributed by atoms with Crippen LogP contribution in [0.3, 0.4) is 0 Å². The fraction of sp³-hybridized carbons (Fsp3) is 0.500. The summed E-state index contributed by atoms with van der Waals surface area (Å²) in [5.74, 6) is 0.974. The van der Waals surface area contributed by atoms with E-state index in [-0.39, 0.29) is 0 Å². The normalized spacial score (nSPS) is 15.3. The maximum atomic E-state index is 5.70. The monoisotopic (exact) mass is 269 g/mol. The molecule has 0 unspecified atom stereocenters. The van der Waals surface area contributed by atoms with Gasteiger partial charge in [0.1, 0.15) is 12.4 Å². The topological polar surface area (TPSA) is 21.3 Å². The third kappa shape index (κ3) is 3.50. The predicted molar refractivity (Wildman–Crippen MR) is 65.4 cm³/mol. The number of nitrogens with one attached hydrogen (secondary N) is 1. The number of halogens is 1. The Balaban J connectivity index is 1.78. The van der Waals surface area contributed by atoms with E-state index in [4.69, 9.17) is 4.74 Å². The average molecular weight is 270 g/mol. The summed E-state index contributed by atoms with van der Waals surface area (Å²) in [6.45, 7) is 3.75. The molecular formula is C12H16BrNO. The van der Waals surface area contributed by atoms with Crippen LogP contribution >= 0.6 is 15.9 Å². The first-order valence-corrected chi connectivity index (χ1v) is 6.17. The lowest BCUT2D eigenvalue weighted by Gasteiger charge is -2.09. The van der Waals surface area contributed by atoms with Crippen molar-refractivity contribution < 1.29 is 4.74 Å². The van der Waals surface area contributed by atoms with Gasteiger partial charge < -0.3 is 10.1 Å². The lowest BCUT2D eigenvalue weighted by atomic mass is 10.2. The van der Waals surface area contributed by atoms with Crippen molar-refractivity contribution in [2.45, 2.75) is 25.8 Å². The fourth-order valence-electron chi connectivity index (χ4n) is 1.44. The van der Waals surface area contributed by atoms with Crippen molar-refractivity contribution in [1.29, 1.82) is 0 Å². The number of hydrogen-bond acceptors (Lipinski definition) is 2. The molecule has 1 N–H and O–H groups in total. The largest absolute Gasteiger partial charge is 0.492 e. The maximum absolute atomic E-state index is 5.70. The van der Waals surface area contributed by atoms with E-state index in [1.165, 1.54) is 18.4 Å². The van der Waals surface area contributed by atoms with Gasteiger partial charge in [-0.05, 0) is 37.5 Å². The van der Waals surface area contributed by atoms with E-state index >= 15 is 0 Å². The zero-order valence-corrected chi connectivity index (χ0v) is 10.5.